The molecule has 0 N–H and O–H groups in total. The van der Waals surface area contributed by atoms with Crippen molar-refractivity contribution in [3.8, 4) is 11.8 Å². The van der Waals surface area contributed by atoms with Gasteiger partial charge in [-0.2, -0.15) is 5.26 Å². The van der Waals surface area contributed by atoms with Crippen LogP contribution in [0.15, 0.2) is 24.3 Å². The molecule has 14 heavy (non-hydrogen) atoms. The van der Waals surface area contributed by atoms with E-state index < -0.39 is 0 Å². The van der Waals surface area contributed by atoms with Crippen LogP contribution >= 0.6 is 0 Å². The Labute approximate surface area is 83.4 Å². The number of benzene rings is 1. The van der Waals surface area contributed by atoms with Crippen LogP contribution in [0.3, 0.4) is 0 Å². The van der Waals surface area contributed by atoms with Gasteiger partial charge in [0.15, 0.2) is 0 Å². The number of ether oxygens (including phenoxy) is 1. The summed E-state index contributed by atoms with van der Waals surface area (Å²) in [7, 11) is 1.66. The second kappa shape index (κ2) is 3.55. The molecule has 1 aromatic rings. The lowest BCUT2D eigenvalue weighted by molar-refractivity contribution is 0.414. The minimum absolute atomic E-state index is 0.856. The minimum atomic E-state index is 0.856. The van der Waals surface area contributed by atoms with E-state index in [4.69, 9.17) is 10.00 Å². The second-order valence-electron chi connectivity index (χ2n) is 3.32. The highest BCUT2D eigenvalue weighted by molar-refractivity contribution is 5.75. The molecule has 0 aromatic heterocycles. The Morgan fingerprint density at radius 3 is 3.00 bits per heavy atom. The van der Waals surface area contributed by atoms with E-state index in [9.17, 15) is 0 Å². The average molecular weight is 185 g/mol. The van der Waals surface area contributed by atoms with Crippen LogP contribution in [0.25, 0.3) is 5.57 Å². The molecule has 0 fully saturated rings. The third-order valence-corrected chi connectivity index (χ3v) is 2.57. The standard InChI is InChI=1S/C12H11NO/c1-14-11-5-4-9-2-3-10(6-7-13)12(9)8-11/h4-6,8H,2-3H2,1H3/b10-6+. The van der Waals surface area contributed by atoms with Crippen LogP contribution in [0.4, 0.5) is 0 Å². The van der Waals surface area contributed by atoms with Crippen molar-refractivity contribution < 1.29 is 4.74 Å². The molecule has 0 saturated heterocycles. The fourth-order valence-electron chi connectivity index (χ4n) is 1.83. The normalized spacial score (nSPS) is 16.4. The zero-order valence-corrected chi connectivity index (χ0v) is 8.08. The predicted molar refractivity (Wildman–Crippen MR) is 54.9 cm³/mol. The van der Waals surface area contributed by atoms with Crippen LogP contribution in [-0.4, -0.2) is 7.11 Å². The molecule has 1 aliphatic carbocycles. The number of nitrogens with zero attached hydrogens (tertiary/aromatic N) is 1. The summed E-state index contributed by atoms with van der Waals surface area (Å²) < 4.78 is 5.16. The molecule has 0 radical (unpaired) electrons. The van der Waals surface area contributed by atoms with Gasteiger partial charge < -0.3 is 4.74 Å². The Kier molecular flexibility index (Phi) is 2.24. The summed E-state index contributed by atoms with van der Waals surface area (Å²) in [5.74, 6) is 0.856. The van der Waals surface area contributed by atoms with Gasteiger partial charge in [-0.1, -0.05) is 6.07 Å². The van der Waals surface area contributed by atoms with E-state index in [1.165, 1.54) is 11.1 Å². The molecule has 0 saturated carbocycles. The van der Waals surface area contributed by atoms with E-state index in [2.05, 4.69) is 12.1 Å². The van der Waals surface area contributed by atoms with Crippen LogP contribution in [0, 0.1) is 11.3 Å². The molecule has 2 rings (SSSR count). The van der Waals surface area contributed by atoms with Crippen LogP contribution < -0.4 is 4.74 Å². The lowest BCUT2D eigenvalue weighted by Gasteiger charge is -2.03. The molecule has 0 aliphatic heterocycles. The summed E-state index contributed by atoms with van der Waals surface area (Å²) in [6, 6.07) is 8.13. The first kappa shape index (κ1) is 8.83. The summed E-state index contributed by atoms with van der Waals surface area (Å²) in [5.41, 5.74) is 3.61. The van der Waals surface area contributed by atoms with Crippen molar-refractivity contribution >= 4 is 5.57 Å². The van der Waals surface area contributed by atoms with Gasteiger partial charge in [-0.05, 0) is 41.7 Å². The Balaban J connectivity index is 2.48. The van der Waals surface area contributed by atoms with Gasteiger partial charge in [-0.15, -0.1) is 0 Å². The van der Waals surface area contributed by atoms with Gasteiger partial charge >= 0.3 is 0 Å². The minimum Gasteiger partial charge on any atom is -0.497 e. The van der Waals surface area contributed by atoms with Gasteiger partial charge in [0.25, 0.3) is 0 Å². The Bertz CT molecular complexity index is 426. The molecule has 2 heteroatoms. The second-order valence-corrected chi connectivity index (χ2v) is 3.32. The van der Waals surface area contributed by atoms with Crippen molar-refractivity contribution in [3.63, 3.8) is 0 Å². The molecular weight excluding hydrogens is 174 g/mol. The van der Waals surface area contributed by atoms with Crippen molar-refractivity contribution in [1.82, 2.24) is 0 Å². The first-order valence-electron chi connectivity index (χ1n) is 4.61. The number of hydrogen-bond acceptors (Lipinski definition) is 2. The molecular formula is C12H11NO. The first-order chi connectivity index (χ1) is 6.85. The fourth-order valence-corrected chi connectivity index (χ4v) is 1.83. The van der Waals surface area contributed by atoms with Crippen molar-refractivity contribution in [2.24, 2.45) is 0 Å². The van der Waals surface area contributed by atoms with Crippen molar-refractivity contribution in [2.45, 2.75) is 12.8 Å². The quantitative estimate of drug-likeness (QED) is 0.630. The molecule has 0 unspecified atom stereocenters. The molecule has 0 spiro atoms. The molecule has 0 atom stereocenters. The number of nitriles is 1. The highest BCUT2D eigenvalue weighted by Gasteiger charge is 2.16. The topological polar surface area (TPSA) is 33.0 Å². The van der Waals surface area contributed by atoms with Crippen molar-refractivity contribution in [3.05, 3.63) is 35.4 Å². The van der Waals surface area contributed by atoms with E-state index in [0.717, 1.165) is 24.2 Å². The molecule has 70 valence electrons. The average Bonchev–Trinajstić information content (AvgIpc) is 2.61. The zero-order valence-electron chi connectivity index (χ0n) is 8.08. The van der Waals surface area contributed by atoms with Gasteiger partial charge in [0, 0.05) is 6.08 Å². The number of methoxy groups -OCH3 is 1. The summed E-state index contributed by atoms with van der Waals surface area (Å²) >= 11 is 0. The van der Waals surface area contributed by atoms with Crippen LogP contribution in [0.1, 0.15) is 17.5 Å². The van der Waals surface area contributed by atoms with E-state index in [0.29, 0.717) is 0 Å². The van der Waals surface area contributed by atoms with E-state index in [-0.39, 0.29) is 0 Å². The predicted octanol–water partition coefficient (Wildman–Crippen LogP) is 2.55. The third-order valence-electron chi connectivity index (χ3n) is 2.57. The number of aryl methyl sites for hydroxylation is 1. The van der Waals surface area contributed by atoms with Gasteiger partial charge in [-0.3, -0.25) is 0 Å². The number of fused-ring (bicyclic) bond motifs is 1. The van der Waals surface area contributed by atoms with E-state index in [1.807, 2.05) is 12.1 Å². The maximum Gasteiger partial charge on any atom is 0.119 e. The van der Waals surface area contributed by atoms with Crippen LogP contribution in [-0.2, 0) is 6.42 Å². The Hall–Kier alpha value is -1.75. The molecule has 0 bridgehead atoms. The summed E-state index contributed by atoms with van der Waals surface area (Å²) in [5, 5.41) is 8.62. The maximum absolute atomic E-state index is 8.62. The van der Waals surface area contributed by atoms with Crippen molar-refractivity contribution in [1.29, 1.82) is 5.26 Å². The van der Waals surface area contributed by atoms with Crippen molar-refractivity contribution in [2.75, 3.05) is 7.11 Å². The highest BCUT2D eigenvalue weighted by Crippen LogP contribution is 2.34. The lowest BCUT2D eigenvalue weighted by atomic mass is 10.1. The van der Waals surface area contributed by atoms with Crippen LogP contribution in [0.5, 0.6) is 5.75 Å². The van der Waals surface area contributed by atoms with Gasteiger partial charge in [-0.25, -0.2) is 0 Å². The number of allylic oxidation sites excluding steroid dienone is 2. The Morgan fingerprint density at radius 1 is 1.43 bits per heavy atom. The molecule has 1 aromatic carbocycles. The molecule has 0 amide bonds. The van der Waals surface area contributed by atoms with E-state index >= 15 is 0 Å². The van der Waals surface area contributed by atoms with Gasteiger partial charge in [0.1, 0.15) is 5.75 Å². The third kappa shape index (κ3) is 1.38. The van der Waals surface area contributed by atoms with Gasteiger partial charge in [0.2, 0.25) is 0 Å². The molecule has 0 heterocycles. The van der Waals surface area contributed by atoms with Crippen LogP contribution in [0.2, 0.25) is 0 Å². The monoisotopic (exact) mass is 185 g/mol. The lowest BCUT2D eigenvalue weighted by Crippen LogP contribution is -1.86. The SMILES string of the molecule is COc1ccc2c(c1)/C(=C/C#N)CC2. The highest BCUT2D eigenvalue weighted by atomic mass is 16.5. The zero-order chi connectivity index (χ0) is 9.97. The summed E-state index contributed by atoms with van der Waals surface area (Å²) in [6.45, 7) is 0. The molecule has 2 nitrogen and oxygen atoms in total. The largest absolute Gasteiger partial charge is 0.497 e. The summed E-state index contributed by atoms with van der Waals surface area (Å²) in [4.78, 5) is 0. The number of hydrogen-bond donors (Lipinski definition) is 0. The Morgan fingerprint density at radius 2 is 2.29 bits per heavy atom. The number of rotatable bonds is 1. The smallest absolute Gasteiger partial charge is 0.119 e. The first-order valence-corrected chi connectivity index (χ1v) is 4.61. The van der Waals surface area contributed by atoms with Gasteiger partial charge in [0.05, 0.1) is 13.2 Å². The molecule has 1 aliphatic rings. The van der Waals surface area contributed by atoms with E-state index in [1.54, 1.807) is 13.2 Å². The fraction of sp³-hybridized carbons (Fsp3) is 0.250. The summed E-state index contributed by atoms with van der Waals surface area (Å²) in [6.07, 6.45) is 3.63. The maximum atomic E-state index is 8.62.